The predicted octanol–water partition coefficient (Wildman–Crippen LogP) is 1.74. The van der Waals surface area contributed by atoms with Gasteiger partial charge in [0.05, 0.1) is 23.2 Å². The quantitative estimate of drug-likeness (QED) is 0.845. The van der Waals surface area contributed by atoms with Gasteiger partial charge in [-0.1, -0.05) is 18.2 Å². The first-order valence-electron chi connectivity index (χ1n) is 7.36. The maximum absolute atomic E-state index is 12.5. The SMILES string of the molecule is Cc1ccc(C(=O)Nc2ccccc2C(N)=O)cc1N(C)S(C)(=O)=O. The van der Waals surface area contributed by atoms with Crippen LogP contribution in [0.25, 0.3) is 0 Å². The highest BCUT2D eigenvalue weighted by molar-refractivity contribution is 7.92. The molecule has 8 heteroatoms. The standard InChI is InChI=1S/C17H19N3O4S/c1-11-8-9-12(10-15(11)20(2)25(3,23)24)17(22)19-14-7-5-4-6-13(14)16(18)21/h4-10H,1-3H3,(H2,18,21)(H,19,22). The van der Waals surface area contributed by atoms with Crippen LogP contribution < -0.4 is 15.4 Å². The fraction of sp³-hybridized carbons (Fsp3) is 0.176. The van der Waals surface area contributed by atoms with Crippen molar-refractivity contribution in [1.82, 2.24) is 0 Å². The van der Waals surface area contributed by atoms with Gasteiger partial charge in [-0.05, 0) is 36.8 Å². The molecule has 2 rings (SSSR count). The second-order valence-electron chi connectivity index (χ2n) is 5.60. The van der Waals surface area contributed by atoms with Crippen molar-refractivity contribution in [3.8, 4) is 0 Å². The van der Waals surface area contributed by atoms with E-state index in [2.05, 4.69) is 5.32 Å². The molecule has 0 aromatic heterocycles. The van der Waals surface area contributed by atoms with Gasteiger partial charge in [-0.2, -0.15) is 0 Å². The van der Waals surface area contributed by atoms with Crippen molar-refractivity contribution in [1.29, 1.82) is 0 Å². The Kier molecular flexibility index (Phi) is 5.13. The molecule has 0 aliphatic heterocycles. The number of nitrogens with zero attached hydrogens (tertiary/aromatic N) is 1. The molecule has 0 radical (unpaired) electrons. The second-order valence-corrected chi connectivity index (χ2v) is 7.61. The lowest BCUT2D eigenvalue weighted by atomic mass is 10.1. The van der Waals surface area contributed by atoms with Crippen LogP contribution in [0.4, 0.5) is 11.4 Å². The molecule has 0 spiro atoms. The minimum atomic E-state index is -3.46. The number of aryl methyl sites for hydroxylation is 1. The number of hydrogen-bond acceptors (Lipinski definition) is 4. The molecular formula is C17H19N3O4S. The van der Waals surface area contributed by atoms with E-state index in [1.54, 1.807) is 37.3 Å². The summed E-state index contributed by atoms with van der Waals surface area (Å²) in [6.45, 7) is 1.75. The van der Waals surface area contributed by atoms with Gasteiger partial charge in [0.15, 0.2) is 0 Å². The third kappa shape index (κ3) is 4.16. The molecule has 0 fully saturated rings. The zero-order valence-electron chi connectivity index (χ0n) is 14.1. The Labute approximate surface area is 146 Å². The largest absolute Gasteiger partial charge is 0.366 e. The normalized spacial score (nSPS) is 11.0. The Bertz CT molecular complexity index is 939. The van der Waals surface area contributed by atoms with Gasteiger partial charge >= 0.3 is 0 Å². The summed E-state index contributed by atoms with van der Waals surface area (Å²) >= 11 is 0. The number of nitrogens with two attached hydrogens (primary N) is 1. The van der Waals surface area contributed by atoms with E-state index in [1.807, 2.05) is 0 Å². The lowest BCUT2D eigenvalue weighted by Gasteiger charge is -2.20. The first kappa shape index (κ1) is 18.5. The summed E-state index contributed by atoms with van der Waals surface area (Å²) in [5.74, 6) is -1.13. The molecule has 7 nitrogen and oxygen atoms in total. The van der Waals surface area contributed by atoms with Crippen LogP contribution in [-0.4, -0.2) is 33.5 Å². The van der Waals surface area contributed by atoms with Crippen LogP contribution in [0.2, 0.25) is 0 Å². The number of anilines is 2. The number of amides is 2. The number of hydrogen-bond donors (Lipinski definition) is 2. The molecule has 2 amide bonds. The Balaban J connectivity index is 2.37. The van der Waals surface area contributed by atoms with Crippen LogP contribution in [0.3, 0.4) is 0 Å². The van der Waals surface area contributed by atoms with E-state index in [-0.39, 0.29) is 11.1 Å². The fourth-order valence-electron chi connectivity index (χ4n) is 2.27. The molecule has 0 saturated heterocycles. The molecule has 0 aliphatic rings. The van der Waals surface area contributed by atoms with E-state index < -0.39 is 21.8 Å². The van der Waals surface area contributed by atoms with Crippen LogP contribution in [0.15, 0.2) is 42.5 Å². The molecule has 132 valence electrons. The second kappa shape index (κ2) is 6.94. The van der Waals surface area contributed by atoms with E-state index in [9.17, 15) is 18.0 Å². The van der Waals surface area contributed by atoms with Gasteiger partial charge < -0.3 is 11.1 Å². The van der Waals surface area contributed by atoms with E-state index >= 15 is 0 Å². The van der Waals surface area contributed by atoms with Crippen molar-refractivity contribution in [2.75, 3.05) is 22.9 Å². The summed E-state index contributed by atoms with van der Waals surface area (Å²) in [6.07, 6.45) is 1.09. The lowest BCUT2D eigenvalue weighted by molar-refractivity contribution is 0.100. The monoisotopic (exact) mass is 361 g/mol. The zero-order chi connectivity index (χ0) is 18.8. The van der Waals surface area contributed by atoms with Gasteiger partial charge in [-0.25, -0.2) is 8.42 Å². The topological polar surface area (TPSA) is 110 Å². The van der Waals surface area contributed by atoms with Gasteiger partial charge in [-0.3, -0.25) is 13.9 Å². The lowest BCUT2D eigenvalue weighted by Crippen LogP contribution is -2.26. The smallest absolute Gasteiger partial charge is 0.255 e. The average Bonchev–Trinajstić information content (AvgIpc) is 2.54. The number of nitrogens with one attached hydrogen (secondary N) is 1. The minimum absolute atomic E-state index is 0.191. The number of carbonyl (C=O) groups is 2. The summed E-state index contributed by atoms with van der Waals surface area (Å²) in [5, 5.41) is 2.62. The number of para-hydroxylation sites is 1. The highest BCUT2D eigenvalue weighted by atomic mass is 32.2. The van der Waals surface area contributed by atoms with Gasteiger partial charge in [0.2, 0.25) is 10.0 Å². The number of primary amides is 1. The summed E-state index contributed by atoms with van der Waals surface area (Å²) in [7, 11) is -2.04. The highest BCUT2D eigenvalue weighted by Gasteiger charge is 2.17. The molecule has 0 bridgehead atoms. The van der Waals surface area contributed by atoms with Gasteiger partial charge in [0.25, 0.3) is 11.8 Å². The Morgan fingerprint density at radius 1 is 1.12 bits per heavy atom. The van der Waals surface area contributed by atoms with Crippen LogP contribution in [0.1, 0.15) is 26.3 Å². The Morgan fingerprint density at radius 3 is 2.36 bits per heavy atom. The Hall–Kier alpha value is -2.87. The van der Waals surface area contributed by atoms with E-state index in [0.29, 0.717) is 16.9 Å². The molecule has 0 atom stereocenters. The van der Waals surface area contributed by atoms with Gasteiger partial charge in [0, 0.05) is 12.6 Å². The molecule has 2 aromatic rings. The summed E-state index contributed by atoms with van der Waals surface area (Å²) < 4.78 is 24.6. The number of benzene rings is 2. The van der Waals surface area contributed by atoms with Crippen LogP contribution in [0, 0.1) is 6.92 Å². The van der Waals surface area contributed by atoms with Crippen molar-refractivity contribution in [3.05, 3.63) is 59.2 Å². The molecule has 0 heterocycles. The van der Waals surface area contributed by atoms with E-state index in [4.69, 9.17) is 5.73 Å². The minimum Gasteiger partial charge on any atom is -0.366 e. The van der Waals surface area contributed by atoms with Crippen molar-refractivity contribution in [3.63, 3.8) is 0 Å². The Morgan fingerprint density at radius 2 is 1.76 bits per heavy atom. The molecule has 3 N–H and O–H groups in total. The van der Waals surface area contributed by atoms with Crippen LogP contribution in [0.5, 0.6) is 0 Å². The van der Waals surface area contributed by atoms with E-state index in [0.717, 1.165) is 10.6 Å². The maximum atomic E-state index is 12.5. The third-order valence-electron chi connectivity index (χ3n) is 3.75. The first-order chi connectivity index (χ1) is 11.6. The summed E-state index contributed by atoms with van der Waals surface area (Å²) in [4.78, 5) is 23.9. The van der Waals surface area contributed by atoms with Crippen molar-refractivity contribution < 1.29 is 18.0 Å². The molecule has 25 heavy (non-hydrogen) atoms. The van der Waals surface area contributed by atoms with Crippen molar-refractivity contribution in [2.45, 2.75) is 6.92 Å². The third-order valence-corrected chi connectivity index (χ3v) is 4.94. The summed E-state index contributed by atoms with van der Waals surface area (Å²) in [5.41, 5.74) is 7.15. The first-order valence-corrected chi connectivity index (χ1v) is 9.21. The van der Waals surface area contributed by atoms with Crippen molar-refractivity contribution in [2.24, 2.45) is 5.73 Å². The molecule has 0 unspecified atom stereocenters. The highest BCUT2D eigenvalue weighted by Crippen LogP contribution is 2.23. The molecule has 2 aromatic carbocycles. The van der Waals surface area contributed by atoms with Crippen LogP contribution in [-0.2, 0) is 10.0 Å². The van der Waals surface area contributed by atoms with Crippen molar-refractivity contribution >= 4 is 33.2 Å². The van der Waals surface area contributed by atoms with Crippen LogP contribution >= 0.6 is 0 Å². The molecular weight excluding hydrogens is 342 g/mol. The number of sulfonamides is 1. The molecule has 0 aliphatic carbocycles. The fourth-order valence-corrected chi connectivity index (χ4v) is 2.82. The van der Waals surface area contributed by atoms with E-state index in [1.165, 1.54) is 19.2 Å². The maximum Gasteiger partial charge on any atom is 0.255 e. The van der Waals surface area contributed by atoms with Gasteiger partial charge in [-0.15, -0.1) is 0 Å². The number of carbonyl (C=O) groups excluding carboxylic acids is 2. The van der Waals surface area contributed by atoms with Gasteiger partial charge in [0.1, 0.15) is 0 Å². The predicted molar refractivity (Wildman–Crippen MR) is 97.3 cm³/mol. The zero-order valence-corrected chi connectivity index (χ0v) is 14.9. The summed E-state index contributed by atoms with van der Waals surface area (Å²) in [6, 6.07) is 11.1. The molecule has 0 saturated carbocycles. The number of rotatable bonds is 5. The average molecular weight is 361 g/mol.